The van der Waals surface area contributed by atoms with E-state index < -0.39 is 26.2 Å². The van der Waals surface area contributed by atoms with Gasteiger partial charge >= 0.3 is 5.70 Å². The number of aryl methyl sites for hydroxylation is 2. The van der Waals surface area contributed by atoms with Gasteiger partial charge in [-0.3, -0.25) is 30.3 Å². The number of hydrogen-bond acceptors (Lipinski definition) is 7. The lowest BCUT2D eigenvalue weighted by molar-refractivity contribution is -0.428. The molecule has 31 heavy (non-hydrogen) atoms. The lowest BCUT2D eigenvalue weighted by Crippen LogP contribution is -2.20. The molecule has 2 aliphatic rings. The zero-order valence-corrected chi connectivity index (χ0v) is 16.4. The van der Waals surface area contributed by atoms with Gasteiger partial charge in [0.05, 0.1) is 32.1 Å². The minimum atomic E-state index is -0.709. The minimum absolute atomic E-state index is 0.0261. The van der Waals surface area contributed by atoms with Gasteiger partial charge in [0.1, 0.15) is 5.71 Å². The van der Waals surface area contributed by atoms with Crippen LogP contribution in [0.5, 0.6) is 0 Å². The fourth-order valence-electron chi connectivity index (χ4n) is 3.75. The highest BCUT2D eigenvalue weighted by Crippen LogP contribution is 2.44. The third kappa shape index (κ3) is 3.19. The lowest BCUT2D eigenvalue weighted by atomic mass is 9.91. The van der Waals surface area contributed by atoms with Crippen molar-refractivity contribution in [3.05, 3.63) is 112 Å². The molecule has 10 heteroatoms. The van der Waals surface area contributed by atoms with Crippen LogP contribution >= 0.6 is 0 Å². The monoisotopic (exact) mass is 418 g/mol. The highest BCUT2D eigenvalue weighted by Gasteiger charge is 2.41. The summed E-state index contributed by atoms with van der Waals surface area (Å²) in [4.78, 5) is 37.2. The van der Waals surface area contributed by atoms with Crippen molar-refractivity contribution in [1.29, 1.82) is 0 Å². The first-order valence-electron chi connectivity index (χ1n) is 9.10. The molecule has 0 heterocycles. The van der Waals surface area contributed by atoms with Crippen molar-refractivity contribution in [2.45, 2.75) is 13.8 Å². The molecule has 0 radical (unpaired) electrons. The van der Waals surface area contributed by atoms with Gasteiger partial charge in [-0.25, -0.2) is 4.99 Å². The minimum Gasteiger partial charge on any atom is -0.258 e. The van der Waals surface area contributed by atoms with Gasteiger partial charge in [0.15, 0.2) is 0 Å². The maximum Gasteiger partial charge on any atom is 0.302 e. The molecule has 0 unspecified atom stereocenters. The van der Waals surface area contributed by atoms with Crippen molar-refractivity contribution in [2.75, 3.05) is 0 Å². The Morgan fingerprint density at radius 3 is 2.10 bits per heavy atom. The quantitative estimate of drug-likeness (QED) is 0.527. The summed E-state index contributed by atoms with van der Waals surface area (Å²) >= 11 is 0. The summed E-state index contributed by atoms with van der Waals surface area (Å²) in [5.74, 6) is 0. The molecule has 2 aromatic carbocycles. The number of allylic oxidation sites excluding steroid dienone is 3. The first-order chi connectivity index (χ1) is 14.7. The van der Waals surface area contributed by atoms with Crippen molar-refractivity contribution in [2.24, 2.45) is 4.99 Å². The van der Waals surface area contributed by atoms with E-state index >= 15 is 0 Å². The molecule has 2 aliphatic carbocycles. The summed E-state index contributed by atoms with van der Waals surface area (Å²) < 4.78 is 0. The second-order valence-corrected chi connectivity index (χ2v) is 7.09. The van der Waals surface area contributed by atoms with Crippen LogP contribution in [0.2, 0.25) is 0 Å². The highest BCUT2D eigenvalue weighted by atomic mass is 16.6. The lowest BCUT2D eigenvalue weighted by Gasteiger charge is -2.15. The Morgan fingerprint density at radius 1 is 0.839 bits per heavy atom. The Bertz CT molecular complexity index is 1310. The third-order valence-corrected chi connectivity index (χ3v) is 5.17. The first kappa shape index (κ1) is 19.8. The van der Waals surface area contributed by atoms with Crippen molar-refractivity contribution < 1.29 is 14.8 Å². The molecule has 0 amide bonds. The van der Waals surface area contributed by atoms with E-state index in [9.17, 15) is 30.3 Å². The number of non-ortho nitro benzene ring substituents is 1. The second kappa shape index (κ2) is 7.10. The molecule has 0 bridgehead atoms. The first-order valence-corrected chi connectivity index (χ1v) is 9.10. The number of fused-ring (bicyclic) bond motifs is 3. The van der Waals surface area contributed by atoms with Gasteiger partial charge in [-0.2, -0.15) is 0 Å². The van der Waals surface area contributed by atoms with E-state index in [0.29, 0.717) is 16.8 Å². The van der Waals surface area contributed by atoms with Crippen LogP contribution in [0.1, 0.15) is 22.3 Å². The number of para-hydroxylation sites is 1. The van der Waals surface area contributed by atoms with E-state index in [1.165, 1.54) is 24.3 Å². The number of rotatable bonds is 4. The maximum atomic E-state index is 11.8. The van der Waals surface area contributed by atoms with Crippen LogP contribution < -0.4 is 0 Å². The Labute approximate surface area is 175 Å². The average molecular weight is 418 g/mol. The largest absolute Gasteiger partial charge is 0.302 e. The summed E-state index contributed by atoms with van der Waals surface area (Å²) in [5, 5.41) is 34.7. The number of nitrogens with zero attached hydrogens (tertiary/aromatic N) is 4. The molecule has 0 aromatic heterocycles. The van der Waals surface area contributed by atoms with Gasteiger partial charge in [-0.15, -0.1) is 0 Å². The van der Waals surface area contributed by atoms with Crippen LogP contribution in [0.25, 0.3) is 11.6 Å². The van der Waals surface area contributed by atoms with E-state index in [0.717, 1.165) is 17.2 Å². The zero-order chi connectivity index (χ0) is 22.4. The standard InChI is InChI=1S/C21H14N4O6/c1-11-4-3-5-12(2)20(11)22-21-16-9-13-8-14(23(26)27)6-7-15(13)19(16)17(24(28)29)10-18(21)25(30)31/h3-10H,1-2H3. The van der Waals surface area contributed by atoms with Crippen LogP contribution in [-0.2, 0) is 0 Å². The second-order valence-electron chi connectivity index (χ2n) is 7.09. The topological polar surface area (TPSA) is 142 Å². The SMILES string of the molecule is Cc1cccc(C)c1N=C1C2=Cc3cc([N+](=O)[O-])ccc3C2=C([N+](=O)[O-])C=C1[N+](=O)[O-]. The molecular formula is C21H14N4O6. The highest BCUT2D eigenvalue weighted by molar-refractivity contribution is 6.28. The number of hydrogen-bond donors (Lipinski definition) is 0. The summed E-state index contributed by atoms with van der Waals surface area (Å²) in [6.45, 7) is 3.62. The zero-order valence-electron chi connectivity index (χ0n) is 16.4. The van der Waals surface area contributed by atoms with Crippen LogP contribution in [0.3, 0.4) is 0 Å². The van der Waals surface area contributed by atoms with Crippen LogP contribution in [0.4, 0.5) is 11.4 Å². The Hall–Kier alpha value is -4.47. The van der Waals surface area contributed by atoms with Gasteiger partial charge in [0, 0.05) is 17.7 Å². The molecular weight excluding hydrogens is 404 g/mol. The van der Waals surface area contributed by atoms with Crippen molar-refractivity contribution >= 4 is 28.7 Å². The molecule has 0 fully saturated rings. The summed E-state index contributed by atoms with van der Waals surface area (Å²) in [5.41, 5.74) is 2.03. The van der Waals surface area contributed by atoms with Crippen LogP contribution in [0, 0.1) is 44.2 Å². The van der Waals surface area contributed by atoms with Gasteiger partial charge < -0.3 is 0 Å². The molecule has 4 rings (SSSR count). The van der Waals surface area contributed by atoms with E-state index in [-0.39, 0.29) is 22.5 Å². The van der Waals surface area contributed by atoms with Gasteiger partial charge in [-0.1, -0.05) is 18.2 Å². The van der Waals surface area contributed by atoms with E-state index in [1.807, 2.05) is 32.0 Å². The van der Waals surface area contributed by atoms with E-state index in [4.69, 9.17) is 0 Å². The fraction of sp³-hybridized carbons (Fsp3) is 0.0952. The normalized spacial score (nSPS) is 15.9. The Balaban J connectivity index is 2.04. The van der Waals surface area contributed by atoms with E-state index in [2.05, 4.69) is 4.99 Å². The fourth-order valence-corrected chi connectivity index (χ4v) is 3.75. The van der Waals surface area contributed by atoms with Crippen LogP contribution in [0.15, 0.2) is 64.4 Å². The van der Waals surface area contributed by atoms with Crippen molar-refractivity contribution in [3.63, 3.8) is 0 Å². The molecule has 0 N–H and O–H groups in total. The smallest absolute Gasteiger partial charge is 0.258 e. The number of aliphatic imine (C=N–C) groups is 1. The average Bonchev–Trinajstić information content (AvgIpc) is 3.08. The van der Waals surface area contributed by atoms with Gasteiger partial charge in [-0.05, 0) is 48.2 Å². The molecule has 154 valence electrons. The molecule has 2 aromatic rings. The van der Waals surface area contributed by atoms with Crippen LogP contribution in [-0.4, -0.2) is 20.5 Å². The molecule has 0 aliphatic heterocycles. The number of nitro benzene ring substituents is 1. The molecule has 10 nitrogen and oxygen atoms in total. The predicted octanol–water partition coefficient (Wildman–Crippen LogP) is 4.54. The van der Waals surface area contributed by atoms with Gasteiger partial charge in [0.2, 0.25) is 0 Å². The molecule has 0 saturated heterocycles. The van der Waals surface area contributed by atoms with E-state index in [1.54, 1.807) is 0 Å². The van der Waals surface area contributed by atoms with Gasteiger partial charge in [0.25, 0.3) is 11.4 Å². The molecule has 0 saturated carbocycles. The summed E-state index contributed by atoms with van der Waals surface area (Å²) in [6, 6.07) is 9.40. The number of nitro groups is 3. The molecule has 0 spiro atoms. The predicted molar refractivity (Wildman–Crippen MR) is 113 cm³/mol. The molecule has 0 atom stereocenters. The maximum absolute atomic E-state index is 11.8. The third-order valence-electron chi connectivity index (χ3n) is 5.17. The Morgan fingerprint density at radius 2 is 1.52 bits per heavy atom. The Kier molecular flexibility index (Phi) is 4.54. The summed E-state index contributed by atoms with van der Waals surface area (Å²) in [6.07, 6.45) is 2.37. The van der Waals surface area contributed by atoms with Crippen molar-refractivity contribution in [1.82, 2.24) is 0 Å². The summed E-state index contributed by atoms with van der Waals surface area (Å²) in [7, 11) is 0. The number of benzene rings is 2. The van der Waals surface area contributed by atoms with Crippen molar-refractivity contribution in [3.8, 4) is 0 Å².